The maximum Gasteiger partial charge on any atom is 0.249 e. The number of aromatic nitrogens is 4. The van der Waals surface area contributed by atoms with Gasteiger partial charge in [0.15, 0.2) is 0 Å². The molecule has 0 atom stereocenters. The van der Waals surface area contributed by atoms with Crippen molar-refractivity contribution in [1.29, 1.82) is 0 Å². The zero-order valence-corrected chi connectivity index (χ0v) is 16.5. The summed E-state index contributed by atoms with van der Waals surface area (Å²) < 4.78 is 3.67. The quantitative estimate of drug-likeness (QED) is 0.742. The SMILES string of the molecule is Cc1cnn(CC2CC2)c1NC(=O)/C=C/c1c(C)nn(CC(C)C)c1Cl. The Morgan fingerprint density at radius 3 is 2.77 bits per heavy atom. The summed E-state index contributed by atoms with van der Waals surface area (Å²) in [6.45, 7) is 9.69. The third kappa shape index (κ3) is 4.36. The van der Waals surface area contributed by atoms with Crippen molar-refractivity contribution < 1.29 is 4.79 Å². The number of carbonyl (C=O) groups is 1. The van der Waals surface area contributed by atoms with Crippen LogP contribution in [0.3, 0.4) is 0 Å². The van der Waals surface area contributed by atoms with E-state index in [1.54, 1.807) is 17.0 Å². The lowest BCUT2D eigenvalue weighted by Gasteiger charge is -2.08. The molecule has 3 rings (SSSR count). The lowest BCUT2D eigenvalue weighted by molar-refractivity contribution is -0.111. The van der Waals surface area contributed by atoms with Gasteiger partial charge in [-0.3, -0.25) is 9.48 Å². The molecule has 7 heteroatoms. The number of aryl methyl sites for hydroxylation is 2. The van der Waals surface area contributed by atoms with Gasteiger partial charge in [0.2, 0.25) is 5.91 Å². The van der Waals surface area contributed by atoms with Crippen molar-refractivity contribution in [3.63, 3.8) is 0 Å². The molecule has 2 heterocycles. The molecule has 0 unspecified atom stereocenters. The highest BCUT2D eigenvalue weighted by Crippen LogP contribution is 2.32. The van der Waals surface area contributed by atoms with Crippen LogP contribution in [0, 0.1) is 25.7 Å². The number of hydrogen-bond donors (Lipinski definition) is 1. The summed E-state index contributed by atoms with van der Waals surface area (Å²) in [6, 6.07) is 0. The van der Waals surface area contributed by atoms with E-state index in [0.717, 1.165) is 35.7 Å². The first-order valence-corrected chi connectivity index (χ1v) is 9.47. The highest BCUT2D eigenvalue weighted by molar-refractivity contribution is 6.31. The first-order valence-electron chi connectivity index (χ1n) is 9.09. The van der Waals surface area contributed by atoms with Crippen LogP contribution in [0.2, 0.25) is 5.15 Å². The van der Waals surface area contributed by atoms with Crippen LogP contribution in [-0.4, -0.2) is 25.5 Å². The van der Waals surface area contributed by atoms with Gasteiger partial charge < -0.3 is 5.32 Å². The van der Waals surface area contributed by atoms with E-state index in [-0.39, 0.29) is 5.91 Å². The summed E-state index contributed by atoms with van der Waals surface area (Å²) in [5.74, 6) is 1.71. The Morgan fingerprint density at radius 1 is 1.38 bits per heavy atom. The van der Waals surface area contributed by atoms with Crippen molar-refractivity contribution in [1.82, 2.24) is 19.6 Å². The summed E-state index contributed by atoms with van der Waals surface area (Å²) in [4.78, 5) is 12.4. The predicted molar refractivity (Wildman–Crippen MR) is 104 cm³/mol. The standard InChI is InChI=1S/C19H26ClN5O/c1-12(2)10-24-18(20)16(14(4)23-24)7-8-17(26)22-19-13(3)9-21-25(19)11-15-5-6-15/h7-9,12,15H,5-6,10-11H2,1-4H3,(H,22,26)/b8-7+. The second-order valence-electron chi connectivity index (χ2n) is 7.49. The third-order valence-electron chi connectivity index (χ3n) is 4.44. The van der Waals surface area contributed by atoms with Crippen molar-refractivity contribution >= 4 is 29.4 Å². The lowest BCUT2D eigenvalue weighted by Crippen LogP contribution is -2.14. The van der Waals surface area contributed by atoms with E-state index in [1.807, 2.05) is 18.5 Å². The second-order valence-corrected chi connectivity index (χ2v) is 7.85. The van der Waals surface area contributed by atoms with E-state index in [0.29, 0.717) is 17.0 Å². The van der Waals surface area contributed by atoms with Crippen molar-refractivity contribution in [2.45, 2.75) is 53.6 Å². The maximum atomic E-state index is 12.4. The van der Waals surface area contributed by atoms with Gasteiger partial charge in [-0.05, 0) is 44.6 Å². The molecule has 6 nitrogen and oxygen atoms in total. The summed E-state index contributed by atoms with van der Waals surface area (Å²) in [7, 11) is 0. The van der Waals surface area contributed by atoms with Crippen molar-refractivity contribution in [2.24, 2.45) is 11.8 Å². The van der Waals surface area contributed by atoms with E-state index in [1.165, 1.54) is 18.9 Å². The fourth-order valence-electron chi connectivity index (χ4n) is 2.87. The van der Waals surface area contributed by atoms with E-state index in [2.05, 4.69) is 29.4 Å². The minimum Gasteiger partial charge on any atom is -0.307 e. The molecule has 1 amide bonds. The van der Waals surface area contributed by atoms with Crippen LogP contribution >= 0.6 is 11.6 Å². The Balaban J connectivity index is 1.70. The Labute approximate surface area is 159 Å². The van der Waals surface area contributed by atoms with Gasteiger partial charge >= 0.3 is 0 Å². The molecule has 1 saturated carbocycles. The first kappa shape index (κ1) is 18.7. The number of rotatable bonds is 7. The Hall–Kier alpha value is -2.08. The zero-order chi connectivity index (χ0) is 18.8. The number of nitrogens with one attached hydrogen (secondary N) is 1. The molecule has 1 fully saturated rings. The van der Waals surface area contributed by atoms with Crippen LogP contribution in [0.25, 0.3) is 6.08 Å². The summed E-state index contributed by atoms with van der Waals surface area (Å²) >= 11 is 6.42. The van der Waals surface area contributed by atoms with Gasteiger partial charge in [-0.25, -0.2) is 4.68 Å². The molecule has 0 spiro atoms. The van der Waals surface area contributed by atoms with Crippen molar-refractivity contribution in [3.8, 4) is 0 Å². The third-order valence-corrected chi connectivity index (χ3v) is 4.84. The molecule has 140 valence electrons. The van der Waals surface area contributed by atoms with E-state index < -0.39 is 0 Å². The number of halogens is 1. The van der Waals surface area contributed by atoms with Gasteiger partial charge in [0.1, 0.15) is 11.0 Å². The smallest absolute Gasteiger partial charge is 0.249 e. The van der Waals surface area contributed by atoms with Crippen LogP contribution in [0.4, 0.5) is 5.82 Å². The van der Waals surface area contributed by atoms with Gasteiger partial charge in [-0.1, -0.05) is 25.4 Å². The molecule has 1 aliphatic carbocycles. The minimum atomic E-state index is -0.197. The van der Waals surface area contributed by atoms with Crippen LogP contribution in [-0.2, 0) is 17.9 Å². The number of hydrogen-bond acceptors (Lipinski definition) is 3. The fraction of sp³-hybridized carbons (Fsp3) is 0.526. The monoisotopic (exact) mass is 375 g/mol. The van der Waals surface area contributed by atoms with Crippen molar-refractivity contribution in [2.75, 3.05) is 5.32 Å². The van der Waals surface area contributed by atoms with E-state index >= 15 is 0 Å². The molecular weight excluding hydrogens is 350 g/mol. The molecule has 26 heavy (non-hydrogen) atoms. The molecule has 1 aliphatic rings. The predicted octanol–water partition coefficient (Wildman–Crippen LogP) is 4.07. The largest absolute Gasteiger partial charge is 0.307 e. The van der Waals surface area contributed by atoms with Gasteiger partial charge in [0, 0.05) is 30.3 Å². The Bertz CT molecular complexity index is 829. The minimum absolute atomic E-state index is 0.197. The molecule has 2 aromatic rings. The molecule has 1 N–H and O–H groups in total. The summed E-state index contributed by atoms with van der Waals surface area (Å²) in [5.41, 5.74) is 2.56. The van der Waals surface area contributed by atoms with Crippen LogP contribution < -0.4 is 5.32 Å². The highest BCUT2D eigenvalue weighted by Gasteiger charge is 2.24. The van der Waals surface area contributed by atoms with Crippen LogP contribution in [0.15, 0.2) is 12.3 Å². The van der Waals surface area contributed by atoms with Gasteiger partial charge in [-0.2, -0.15) is 10.2 Å². The Morgan fingerprint density at radius 2 is 2.12 bits per heavy atom. The van der Waals surface area contributed by atoms with Gasteiger partial charge in [-0.15, -0.1) is 0 Å². The number of nitrogens with zero attached hydrogens (tertiary/aromatic N) is 4. The fourth-order valence-corrected chi connectivity index (χ4v) is 3.17. The highest BCUT2D eigenvalue weighted by atomic mass is 35.5. The topological polar surface area (TPSA) is 64.7 Å². The van der Waals surface area contributed by atoms with Gasteiger partial charge in [0.25, 0.3) is 0 Å². The summed E-state index contributed by atoms with van der Waals surface area (Å²) in [6.07, 6.45) is 7.50. The molecular formula is C19H26ClN5O. The molecule has 2 aromatic heterocycles. The lowest BCUT2D eigenvalue weighted by atomic mass is 10.2. The second kappa shape index (κ2) is 7.66. The van der Waals surface area contributed by atoms with Crippen LogP contribution in [0.5, 0.6) is 0 Å². The molecule has 0 radical (unpaired) electrons. The zero-order valence-electron chi connectivity index (χ0n) is 15.8. The summed E-state index contributed by atoms with van der Waals surface area (Å²) in [5, 5.41) is 12.3. The maximum absolute atomic E-state index is 12.4. The molecule has 0 aliphatic heterocycles. The number of anilines is 1. The number of amides is 1. The average molecular weight is 376 g/mol. The number of carbonyl (C=O) groups excluding carboxylic acids is 1. The van der Waals surface area contributed by atoms with E-state index in [4.69, 9.17) is 11.6 Å². The van der Waals surface area contributed by atoms with Crippen molar-refractivity contribution in [3.05, 3.63) is 34.2 Å². The molecule has 0 saturated heterocycles. The van der Waals surface area contributed by atoms with Gasteiger partial charge in [0.05, 0.1) is 11.9 Å². The first-order chi connectivity index (χ1) is 12.3. The van der Waals surface area contributed by atoms with Crippen LogP contribution in [0.1, 0.15) is 43.5 Å². The average Bonchev–Trinajstić information content (AvgIpc) is 3.27. The normalized spacial score (nSPS) is 14.5. The molecule has 0 bridgehead atoms. The Kier molecular flexibility index (Phi) is 5.51. The van der Waals surface area contributed by atoms with E-state index in [9.17, 15) is 4.79 Å². The molecule has 0 aromatic carbocycles.